The van der Waals surface area contributed by atoms with Crippen LogP contribution in [0.15, 0.2) is 47.6 Å². The molecule has 0 unspecified atom stereocenters. The number of nitrogens with zero attached hydrogens (tertiary/aromatic N) is 1. The van der Waals surface area contributed by atoms with Gasteiger partial charge in [0.1, 0.15) is 0 Å². The maximum Gasteiger partial charge on any atom is 0.159 e. The van der Waals surface area contributed by atoms with Crippen LogP contribution in [0.1, 0.15) is 11.1 Å². The number of halogens is 2. The molecular weight excluding hydrogens is 234 g/mol. The number of benzene rings is 2. The first-order chi connectivity index (χ1) is 8.65. The van der Waals surface area contributed by atoms with Gasteiger partial charge in [-0.2, -0.15) is 5.10 Å². The number of hydrazone groups is 1. The highest BCUT2D eigenvalue weighted by atomic mass is 19.2. The molecule has 2 nitrogen and oxygen atoms in total. The van der Waals surface area contributed by atoms with E-state index in [0.29, 0.717) is 5.56 Å². The van der Waals surface area contributed by atoms with E-state index in [1.165, 1.54) is 12.3 Å². The van der Waals surface area contributed by atoms with Gasteiger partial charge < -0.3 is 0 Å². The lowest BCUT2D eigenvalue weighted by molar-refractivity contribution is 0.508. The molecule has 0 aliphatic heterocycles. The zero-order chi connectivity index (χ0) is 13.0. The Bertz CT molecular complexity index is 580. The molecular formula is C14H12F2N2. The minimum atomic E-state index is -0.880. The Hall–Kier alpha value is -2.23. The fourth-order valence-electron chi connectivity index (χ4n) is 1.49. The van der Waals surface area contributed by atoms with Crippen LogP contribution in [-0.2, 0) is 0 Å². The third-order valence-electron chi connectivity index (χ3n) is 2.37. The van der Waals surface area contributed by atoms with Crippen LogP contribution in [0.5, 0.6) is 0 Å². The first-order valence-corrected chi connectivity index (χ1v) is 5.46. The molecule has 92 valence electrons. The van der Waals surface area contributed by atoms with Crippen LogP contribution in [0.3, 0.4) is 0 Å². The minimum absolute atomic E-state index is 0.494. The Kier molecular flexibility index (Phi) is 3.67. The van der Waals surface area contributed by atoms with Gasteiger partial charge in [-0.1, -0.05) is 18.2 Å². The van der Waals surface area contributed by atoms with Gasteiger partial charge >= 0.3 is 0 Å². The van der Waals surface area contributed by atoms with Gasteiger partial charge in [0, 0.05) is 0 Å². The Labute approximate surface area is 104 Å². The van der Waals surface area contributed by atoms with E-state index in [2.05, 4.69) is 10.5 Å². The highest BCUT2D eigenvalue weighted by molar-refractivity contribution is 5.80. The van der Waals surface area contributed by atoms with Crippen molar-refractivity contribution in [3.63, 3.8) is 0 Å². The smallest absolute Gasteiger partial charge is 0.159 e. The van der Waals surface area contributed by atoms with E-state index in [1.807, 2.05) is 31.2 Å². The van der Waals surface area contributed by atoms with E-state index in [9.17, 15) is 8.78 Å². The van der Waals surface area contributed by atoms with Gasteiger partial charge in [-0.3, -0.25) is 5.43 Å². The third-order valence-corrected chi connectivity index (χ3v) is 2.37. The molecule has 1 N–H and O–H groups in total. The lowest BCUT2D eigenvalue weighted by atomic mass is 10.2. The van der Waals surface area contributed by atoms with E-state index >= 15 is 0 Å². The van der Waals surface area contributed by atoms with Crippen LogP contribution < -0.4 is 5.43 Å². The van der Waals surface area contributed by atoms with E-state index in [-0.39, 0.29) is 0 Å². The standard InChI is InChI=1S/C14H12F2N2/c1-10-3-2-4-12(7-10)18-17-9-11-5-6-13(15)14(16)8-11/h2-9,18H,1H3. The van der Waals surface area contributed by atoms with Crippen LogP contribution in [-0.4, -0.2) is 6.21 Å². The molecule has 0 saturated carbocycles. The molecule has 0 aliphatic carbocycles. The van der Waals surface area contributed by atoms with Gasteiger partial charge in [-0.05, 0) is 42.3 Å². The fourth-order valence-corrected chi connectivity index (χ4v) is 1.49. The van der Waals surface area contributed by atoms with E-state index < -0.39 is 11.6 Å². The first kappa shape index (κ1) is 12.2. The number of hydrogen-bond acceptors (Lipinski definition) is 2. The average Bonchev–Trinajstić information content (AvgIpc) is 2.34. The van der Waals surface area contributed by atoms with Gasteiger partial charge in [0.25, 0.3) is 0 Å². The predicted octanol–water partition coefficient (Wildman–Crippen LogP) is 3.72. The highest BCUT2D eigenvalue weighted by Gasteiger charge is 2.00. The molecule has 0 aliphatic rings. The van der Waals surface area contributed by atoms with Crippen molar-refractivity contribution in [3.05, 3.63) is 65.2 Å². The zero-order valence-corrected chi connectivity index (χ0v) is 9.82. The predicted molar refractivity (Wildman–Crippen MR) is 68.8 cm³/mol. The summed E-state index contributed by atoms with van der Waals surface area (Å²) in [7, 11) is 0. The Balaban J connectivity index is 2.05. The average molecular weight is 246 g/mol. The van der Waals surface area contributed by atoms with Crippen molar-refractivity contribution in [1.82, 2.24) is 0 Å². The molecule has 18 heavy (non-hydrogen) atoms. The molecule has 2 rings (SSSR count). The summed E-state index contributed by atoms with van der Waals surface area (Å²) >= 11 is 0. The molecule has 2 aromatic carbocycles. The van der Waals surface area contributed by atoms with Gasteiger partial charge in [0.05, 0.1) is 11.9 Å². The summed E-state index contributed by atoms with van der Waals surface area (Å²) in [6.45, 7) is 1.98. The summed E-state index contributed by atoms with van der Waals surface area (Å²) in [4.78, 5) is 0. The van der Waals surface area contributed by atoms with Gasteiger partial charge in [0.15, 0.2) is 11.6 Å². The lowest BCUT2D eigenvalue weighted by Gasteiger charge is -2.01. The summed E-state index contributed by atoms with van der Waals surface area (Å²) in [6.07, 6.45) is 1.44. The van der Waals surface area contributed by atoms with Crippen LogP contribution >= 0.6 is 0 Å². The normalized spacial score (nSPS) is 10.8. The summed E-state index contributed by atoms with van der Waals surface area (Å²) in [5.74, 6) is -1.74. The van der Waals surface area contributed by atoms with E-state index in [1.54, 1.807) is 0 Å². The second-order valence-electron chi connectivity index (χ2n) is 3.91. The van der Waals surface area contributed by atoms with Crippen LogP contribution in [0.25, 0.3) is 0 Å². The first-order valence-electron chi connectivity index (χ1n) is 5.46. The molecule has 0 bridgehead atoms. The number of aryl methyl sites for hydroxylation is 1. The fraction of sp³-hybridized carbons (Fsp3) is 0.0714. The van der Waals surface area contributed by atoms with Crippen molar-refractivity contribution >= 4 is 11.9 Å². The second-order valence-corrected chi connectivity index (χ2v) is 3.91. The number of rotatable bonds is 3. The van der Waals surface area contributed by atoms with Crippen molar-refractivity contribution in [3.8, 4) is 0 Å². The van der Waals surface area contributed by atoms with Gasteiger partial charge in [-0.15, -0.1) is 0 Å². The summed E-state index contributed by atoms with van der Waals surface area (Å²) < 4.78 is 25.6. The number of hydrogen-bond donors (Lipinski definition) is 1. The SMILES string of the molecule is Cc1cccc(NN=Cc2ccc(F)c(F)c2)c1. The summed E-state index contributed by atoms with van der Waals surface area (Å²) in [5.41, 5.74) is 5.27. The van der Waals surface area contributed by atoms with Crippen LogP contribution in [0, 0.1) is 18.6 Å². The Morgan fingerprint density at radius 1 is 1.06 bits per heavy atom. The monoisotopic (exact) mass is 246 g/mol. The Morgan fingerprint density at radius 2 is 1.89 bits per heavy atom. The van der Waals surface area contributed by atoms with Crippen molar-refractivity contribution in [2.75, 3.05) is 5.43 Å². The van der Waals surface area contributed by atoms with Crippen LogP contribution in [0.4, 0.5) is 14.5 Å². The third kappa shape index (κ3) is 3.13. The van der Waals surface area contributed by atoms with Crippen molar-refractivity contribution in [2.24, 2.45) is 5.10 Å². The maximum absolute atomic E-state index is 12.9. The largest absolute Gasteiger partial charge is 0.278 e. The molecule has 0 aromatic heterocycles. The molecule has 0 spiro atoms. The van der Waals surface area contributed by atoms with Gasteiger partial charge in [0.2, 0.25) is 0 Å². The van der Waals surface area contributed by atoms with E-state index in [4.69, 9.17) is 0 Å². The van der Waals surface area contributed by atoms with Crippen molar-refractivity contribution in [1.29, 1.82) is 0 Å². The number of nitrogens with one attached hydrogen (secondary N) is 1. The molecule has 2 aromatic rings. The van der Waals surface area contributed by atoms with E-state index in [0.717, 1.165) is 23.4 Å². The quantitative estimate of drug-likeness (QED) is 0.647. The van der Waals surface area contributed by atoms with Crippen LogP contribution in [0.2, 0.25) is 0 Å². The van der Waals surface area contributed by atoms with Gasteiger partial charge in [-0.25, -0.2) is 8.78 Å². The van der Waals surface area contributed by atoms with Crippen molar-refractivity contribution < 1.29 is 8.78 Å². The minimum Gasteiger partial charge on any atom is -0.278 e. The Morgan fingerprint density at radius 3 is 2.61 bits per heavy atom. The van der Waals surface area contributed by atoms with Crippen molar-refractivity contribution in [2.45, 2.75) is 6.92 Å². The lowest BCUT2D eigenvalue weighted by Crippen LogP contribution is -1.92. The summed E-state index contributed by atoms with van der Waals surface area (Å²) in [6, 6.07) is 11.3. The molecule has 0 atom stereocenters. The highest BCUT2D eigenvalue weighted by Crippen LogP contribution is 2.10. The number of anilines is 1. The maximum atomic E-state index is 12.9. The molecule has 0 radical (unpaired) electrons. The molecule has 0 fully saturated rings. The summed E-state index contributed by atoms with van der Waals surface area (Å²) in [5, 5.41) is 3.96. The molecule has 0 amide bonds. The topological polar surface area (TPSA) is 24.4 Å². The molecule has 0 heterocycles. The molecule has 4 heteroatoms. The molecule has 0 saturated heterocycles. The second kappa shape index (κ2) is 5.40. The zero-order valence-electron chi connectivity index (χ0n) is 9.82.